The van der Waals surface area contributed by atoms with Crippen molar-refractivity contribution in [3.05, 3.63) is 0 Å². The second kappa shape index (κ2) is 3.87. The van der Waals surface area contributed by atoms with Crippen LogP contribution in [0.1, 0.15) is 67.2 Å². The Hall–Kier alpha value is 0. The normalized spacial score (nSPS) is 42.4. The van der Waals surface area contributed by atoms with Crippen molar-refractivity contribution in [1.29, 1.82) is 0 Å². The molecule has 1 rings (SSSR count). The SMILES string of the molecule is CCC1CCC(C)(CC)C(C)C1(C)C. The van der Waals surface area contributed by atoms with Gasteiger partial charge in [0.1, 0.15) is 0 Å². The van der Waals surface area contributed by atoms with Crippen LogP contribution in [0.25, 0.3) is 0 Å². The minimum Gasteiger partial charge on any atom is -0.0651 e. The first-order chi connectivity index (χ1) is 6.38. The van der Waals surface area contributed by atoms with Crippen LogP contribution in [0.3, 0.4) is 0 Å². The lowest BCUT2D eigenvalue weighted by atomic mass is 9.52. The minimum absolute atomic E-state index is 0.539. The Morgan fingerprint density at radius 3 is 2.14 bits per heavy atom. The van der Waals surface area contributed by atoms with Crippen LogP contribution in [-0.2, 0) is 0 Å². The molecule has 1 fully saturated rings. The third-order valence-corrected chi connectivity index (χ3v) is 5.58. The maximum atomic E-state index is 2.49. The maximum absolute atomic E-state index is 2.49. The molecule has 3 atom stereocenters. The molecule has 0 bridgehead atoms. The second-order valence-electron chi connectivity index (χ2n) is 6.19. The zero-order chi connectivity index (χ0) is 11.0. The fraction of sp³-hybridized carbons (Fsp3) is 1.00. The fourth-order valence-corrected chi connectivity index (χ4v) is 3.56. The van der Waals surface area contributed by atoms with Crippen molar-refractivity contribution in [2.75, 3.05) is 0 Å². The van der Waals surface area contributed by atoms with Crippen LogP contribution in [0.5, 0.6) is 0 Å². The average Bonchev–Trinajstić information content (AvgIpc) is 2.15. The second-order valence-corrected chi connectivity index (χ2v) is 6.19. The standard InChI is InChI=1S/C14H28/c1-7-12-9-10-14(6,8-2)11(3)13(12,4)5/h11-12H,7-10H2,1-6H3. The van der Waals surface area contributed by atoms with Gasteiger partial charge in [0.25, 0.3) is 0 Å². The lowest BCUT2D eigenvalue weighted by Crippen LogP contribution is -2.45. The van der Waals surface area contributed by atoms with Crippen LogP contribution in [0.15, 0.2) is 0 Å². The molecular formula is C14H28. The molecule has 0 nitrogen and oxygen atoms in total. The molecule has 14 heavy (non-hydrogen) atoms. The van der Waals surface area contributed by atoms with Crippen molar-refractivity contribution in [3.63, 3.8) is 0 Å². The largest absolute Gasteiger partial charge is 0.0651 e. The van der Waals surface area contributed by atoms with Gasteiger partial charge in [0.05, 0.1) is 0 Å². The zero-order valence-electron chi connectivity index (χ0n) is 11.0. The monoisotopic (exact) mass is 196 g/mol. The van der Waals surface area contributed by atoms with E-state index in [1.807, 2.05) is 0 Å². The average molecular weight is 196 g/mol. The summed E-state index contributed by atoms with van der Waals surface area (Å²) in [6, 6.07) is 0. The Morgan fingerprint density at radius 2 is 1.71 bits per heavy atom. The van der Waals surface area contributed by atoms with Crippen LogP contribution < -0.4 is 0 Å². The van der Waals surface area contributed by atoms with Gasteiger partial charge in [-0.3, -0.25) is 0 Å². The van der Waals surface area contributed by atoms with E-state index in [-0.39, 0.29) is 0 Å². The van der Waals surface area contributed by atoms with Crippen molar-refractivity contribution >= 4 is 0 Å². The molecule has 0 aliphatic heterocycles. The van der Waals surface area contributed by atoms with Crippen LogP contribution in [0.2, 0.25) is 0 Å². The summed E-state index contributed by atoms with van der Waals surface area (Å²) < 4.78 is 0. The van der Waals surface area contributed by atoms with Gasteiger partial charge >= 0.3 is 0 Å². The van der Waals surface area contributed by atoms with Crippen molar-refractivity contribution < 1.29 is 0 Å². The van der Waals surface area contributed by atoms with Crippen molar-refractivity contribution in [1.82, 2.24) is 0 Å². The Kier molecular flexibility index (Phi) is 3.33. The molecular weight excluding hydrogens is 168 g/mol. The topological polar surface area (TPSA) is 0 Å². The quantitative estimate of drug-likeness (QED) is 0.590. The predicted molar refractivity (Wildman–Crippen MR) is 64.4 cm³/mol. The number of hydrogen-bond acceptors (Lipinski definition) is 0. The van der Waals surface area contributed by atoms with Crippen molar-refractivity contribution in [2.45, 2.75) is 67.2 Å². The molecule has 3 unspecified atom stereocenters. The highest BCUT2D eigenvalue weighted by Crippen LogP contribution is 2.55. The number of hydrogen-bond donors (Lipinski definition) is 0. The Bertz CT molecular complexity index is 192. The van der Waals surface area contributed by atoms with E-state index in [0.29, 0.717) is 10.8 Å². The molecule has 84 valence electrons. The van der Waals surface area contributed by atoms with E-state index in [0.717, 1.165) is 11.8 Å². The highest BCUT2D eigenvalue weighted by molar-refractivity contribution is 4.96. The van der Waals surface area contributed by atoms with E-state index in [4.69, 9.17) is 0 Å². The third kappa shape index (κ3) is 1.73. The van der Waals surface area contributed by atoms with Crippen molar-refractivity contribution in [3.8, 4) is 0 Å². The van der Waals surface area contributed by atoms with Crippen LogP contribution in [-0.4, -0.2) is 0 Å². The first-order valence-corrected chi connectivity index (χ1v) is 6.38. The summed E-state index contributed by atoms with van der Waals surface area (Å²) in [5.41, 5.74) is 1.13. The summed E-state index contributed by atoms with van der Waals surface area (Å²) in [5.74, 6) is 1.80. The van der Waals surface area contributed by atoms with Gasteiger partial charge in [-0.2, -0.15) is 0 Å². The van der Waals surface area contributed by atoms with Gasteiger partial charge in [-0.15, -0.1) is 0 Å². The van der Waals surface area contributed by atoms with Gasteiger partial charge in [0.2, 0.25) is 0 Å². The molecule has 0 saturated heterocycles. The van der Waals surface area contributed by atoms with Crippen molar-refractivity contribution in [2.24, 2.45) is 22.7 Å². The summed E-state index contributed by atoms with van der Waals surface area (Å²) in [6.45, 7) is 14.7. The van der Waals surface area contributed by atoms with E-state index in [1.54, 1.807) is 0 Å². The molecule has 1 aliphatic carbocycles. The highest BCUT2D eigenvalue weighted by Gasteiger charge is 2.46. The van der Waals surface area contributed by atoms with Gasteiger partial charge in [-0.05, 0) is 35.5 Å². The molecule has 0 heteroatoms. The minimum atomic E-state index is 0.539. The van der Waals surface area contributed by atoms with E-state index < -0.39 is 0 Å². The van der Waals surface area contributed by atoms with Gasteiger partial charge in [0, 0.05) is 0 Å². The van der Waals surface area contributed by atoms with E-state index in [2.05, 4.69) is 41.5 Å². The molecule has 0 aromatic heterocycles. The summed E-state index contributed by atoms with van der Waals surface area (Å²) in [4.78, 5) is 0. The molecule has 0 radical (unpaired) electrons. The lowest BCUT2D eigenvalue weighted by molar-refractivity contribution is -0.0380. The smallest absolute Gasteiger partial charge is 0.0295 e. The number of rotatable bonds is 2. The third-order valence-electron chi connectivity index (χ3n) is 5.58. The van der Waals surface area contributed by atoms with Crippen LogP contribution in [0, 0.1) is 22.7 Å². The lowest BCUT2D eigenvalue weighted by Gasteiger charge is -2.53. The Labute approximate surface area is 90.5 Å². The van der Waals surface area contributed by atoms with Crippen LogP contribution >= 0.6 is 0 Å². The molecule has 0 aromatic rings. The Balaban J connectivity index is 2.88. The molecule has 1 saturated carbocycles. The first-order valence-electron chi connectivity index (χ1n) is 6.38. The van der Waals surface area contributed by atoms with Gasteiger partial charge in [0.15, 0.2) is 0 Å². The molecule has 0 heterocycles. The summed E-state index contributed by atoms with van der Waals surface area (Å²) >= 11 is 0. The van der Waals surface area contributed by atoms with E-state index >= 15 is 0 Å². The summed E-state index contributed by atoms with van der Waals surface area (Å²) in [5, 5.41) is 0. The predicted octanol–water partition coefficient (Wildman–Crippen LogP) is 4.89. The van der Waals surface area contributed by atoms with E-state index in [9.17, 15) is 0 Å². The molecule has 1 aliphatic rings. The maximum Gasteiger partial charge on any atom is -0.0295 e. The highest BCUT2D eigenvalue weighted by atomic mass is 14.5. The Morgan fingerprint density at radius 1 is 1.14 bits per heavy atom. The van der Waals surface area contributed by atoms with Gasteiger partial charge in [-0.25, -0.2) is 0 Å². The first kappa shape index (κ1) is 12.1. The zero-order valence-corrected chi connectivity index (χ0v) is 11.0. The molecule has 0 spiro atoms. The van der Waals surface area contributed by atoms with Gasteiger partial charge in [-0.1, -0.05) is 54.4 Å². The molecule has 0 N–H and O–H groups in total. The van der Waals surface area contributed by atoms with Gasteiger partial charge < -0.3 is 0 Å². The van der Waals surface area contributed by atoms with Crippen LogP contribution in [0.4, 0.5) is 0 Å². The molecule has 0 amide bonds. The summed E-state index contributed by atoms with van der Waals surface area (Å²) in [7, 11) is 0. The molecule has 0 aromatic carbocycles. The fourth-order valence-electron chi connectivity index (χ4n) is 3.56. The summed E-state index contributed by atoms with van der Waals surface area (Å²) in [6.07, 6.45) is 5.58. The van der Waals surface area contributed by atoms with E-state index in [1.165, 1.54) is 25.7 Å².